The van der Waals surface area contributed by atoms with Crippen molar-refractivity contribution in [3.8, 4) is 11.1 Å². The summed E-state index contributed by atoms with van der Waals surface area (Å²) in [6.07, 6.45) is 0. The fraction of sp³-hybridized carbons (Fsp3) is 0.208. The summed E-state index contributed by atoms with van der Waals surface area (Å²) in [5.74, 6) is -2.46. The molecule has 0 aliphatic heterocycles. The molecule has 3 aromatic carbocycles. The van der Waals surface area contributed by atoms with Crippen LogP contribution >= 0.6 is 0 Å². The summed E-state index contributed by atoms with van der Waals surface area (Å²) in [5.41, 5.74) is 3.05. The summed E-state index contributed by atoms with van der Waals surface area (Å²) in [5, 5.41) is 2.66. The second-order valence-corrected chi connectivity index (χ2v) is 9.65. The number of anilines is 1. The Kier molecular flexibility index (Phi) is 7.06. The zero-order valence-electron chi connectivity index (χ0n) is 17.9. The largest absolute Gasteiger partial charge is 0.322 e. The van der Waals surface area contributed by atoms with Gasteiger partial charge in [-0.15, -0.1) is 0 Å². The van der Waals surface area contributed by atoms with Gasteiger partial charge in [-0.1, -0.05) is 32.0 Å². The van der Waals surface area contributed by atoms with Crippen molar-refractivity contribution in [2.75, 3.05) is 11.9 Å². The first-order valence-electron chi connectivity index (χ1n) is 10.0. The minimum Gasteiger partial charge on any atom is -0.322 e. The lowest BCUT2D eigenvalue weighted by Crippen LogP contribution is -2.27. The predicted octanol–water partition coefficient (Wildman–Crippen LogP) is 5.13. The van der Waals surface area contributed by atoms with Gasteiger partial charge < -0.3 is 5.32 Å². The monoisotopic (exact) mass is 458 g/mol. The first kappa shape index (κ1) is 23.6. The standard InChI is InChI=1S/C24H24F2N2O3S/c1-15(2)14-27-32(30,31)20-8-4-17(5-9-20)21-10-7-19(12-16(21)3)28-24(29)18-6-11-22(25)23(26)13-18/h4-13,15,27H,14H2,1-3H3,(H,28,29). The number of aryl methyl sites for hydroxylation is 1. The summed E-state index contributed by atoms with van der Waals surface area (Å²) >= 11 is 0. The van der Waals surface area contributed by atoms with Crippen molar-refractivity contribution >= 4 is 21.6 Å². The number of benzene rings is 3. The number of carbonyl (C=O) groups is 1. The average Bonchev–Trinajstić information content (AvgIpc) is 2.74. The minimum atomic E-state index is -3.56. The van der Waals surface area contributed by atoms with E-state index in [0.717, 1.165) is 28.8 Å². The van der Waals surface area contributed by atoms with Crippen molar-refractivity contribution in [3.05, 3.63) is 83.4 Å². The van der Waals surface area contributed by atoms with Crippen LogP contribution in [0, 0.1) is 24.5 Å². The van der Waals surface area contributed by atoms with Gasteiger partial charge in [0.25, 0.3) is 5.91 Å². The number of hydrogen-bond acceptors (Lipinski definition) is 3. The molecule has 0 saturated heterocycles. The van der Waals surface area contributed by atoms with Crippen LogP contribution in [-0.2, 0) is 10.0 Å². The molecule has 0 aliphatic carbocycles. The van der Waals surface area contributed by atoms with Crippen LogP contribution < -0.4 is 10.0 Å². The molecule has 3 aromatic rings. The van der Waals surface area contributed by atoms with Crippen LogP contribution in [0.25, 0.3) is 11.1 Å². The Balaban J connectivity index is 1.76. The van der Waals surface area contributed by atoms with E-state index in [2.05, 4.69) is 10.0 Å². The van der Waals surface area contributed by atoms with Gasteiger partial charge in [-0.25, -0.2) is 21.9 Å². The van der Waals surface area contributed by atoms with E-state index in [9.17, 15) is 22.0 Å². The molecule has 0 spiro atoms. The Morgan fingerprint density at radius 1 is 0.938 bits per heavy atom. The van der Waals surface area contributed by atoms with E-state index < -0.39 is 27.6 Å². The van der Waals surface area contributed by atoms with Crippen molar-refractivity contribution in [1.82, 2.24) is 4.72 Å². The minimum absolute atomic E-state index is 0.00787. The van der Waals surface area contributed by atoms with Gasteiger partial charge in [0.2, 0.25) is 10.0 Å². The maximum Gasteiger partial charge on any atom is 0.255 e. The lowest BCUT2D eigenvalue weighted by molar-refractivity contribution is 0.102. The van der Waals surface area contributed by atoms with Gasteiger partial charge in [-0.3, -0.25) is 4.79 Å². The molecule has 8 heteroatoms. The Labute approximate surface area is 186 Å². The van der Waals surface area contributed by atoms with Crippen molar-refractivity contribution in [2.45, 2.75) is 25.7 Å². The fourth-order valence-electron chi connectivity index (χ4n) is 3.08. The van der Waals surface area contributed by atoms with Crippen LogP contribution in [0.5, 0.6) is 0 Å². The topological polar surface area (TPSA) is 75.3 Å². The van der Waals surface area contributed by atoms with Crippen LogP contribution in [0.4, 0.5) is 14.5 Å². The van der Waals surface area contributed by atoms with E-state index in [1.165, 1.54) is 6.07 Å². The van der Waals surface area contributed by atoms with Gasteiger partial charge in [0, 0.05) is 17.8 Å². The highest BCUT2D eigenvalue weighted by Crippen LogP contribution is 2.27. The number of rotatable bonds is 7. The Morgan fingerprint density at radius 2 is 1.62 bits per heavy atom. The van der Waals surface area contributed by atoms with Gasteiger partial charge in [-0.2, -0.15) is 0 Å². The zero-order chi connectivity index (χ0) is 23.5. The van der Waals surface area contributed by atoms with E-state index in [0.29, 0.717) is 12.2 Å². The smallest absolute Gasteiger partial charge is 0.255 e. The highest BCUT2D eigenvalue weighted by molar-refractivity contribution is 7.89. The SMILES string of the molecule is Cc1cc(NC(=O)c2ccc(F)c(F)c2)ccc1-c1ccc(S(=O)(=O)NCC(C)C)cc1. The van der Waals surface area contributed by atoms with E-state index in [1.807, 2.05) is 20.8 Å². The summed E-state index contributed by atoms with van der Waals surface area (Å²) in [4.78, 5) is 12.5. The molecular weight excluding hydrogens is 434 g/mol. The highest BCUT2D eigenvalue weighted by atomic mass is 32.2. The Bertz CT molecular complexity index is 1240. The molecule has 32 heavy (non-hydrogen) atoms. The second kappa shape index (κ2) is 9.58. The van der Waals surface area contributed by atoms with Crippen LogP contribution in [0.1, 0.15) is 29.8 Å². The van der Waals surface area contributed by atoms with Gasteiger partial charge >= 0.3 is 0 Å². The molecular formula is C24H24F2N2O3S. The van der Waals surface area contributed by atoms with E-state index in [1.54, 1.807) is 42.5 Å². The first-order chi connectivity index (χ1) is 15.1. The van der Waals surface area contributed by atoms with Crippen molar-refractivity contribution in [2.24, 2.45) is 5.92 Å². The van der Waals surface area contributed by atoms with Crippen LogP contribution in [0.3, 0.4) is 0 Å². The number of hydrogen-bond donors (Lipinski definition) is 2. The lowest BCUT2D eigenvalue weighted by Gasteiger charge is -2.12. The molecule has 0 aromatic heterocycles. The molecule has 1 amide bonds. The molecule has 3 rings (SSSR count). The number of halogens is 2. The molecule has 0 radical (unpaired) electrons. The second-order valence-electron chi connectivity index (χ2n) is 7.88. The van der Waals surface area contributed by atoms with E-state index >= 15 is 0 Å². The van der Waals surface area contributed by atoms with Gasteiger partial charge in [-0.05, 0) is 72.0 Å². The molecule has 0 heterocycles. The third-order valence-corrected chi connectivity index (χ3v) is 6.26. The third-order valence-electron chi connectivity index (χ3n) is 4.82. The van der Waals surface area contributed by atoms with Crippen LogP contribution in [0.15, 0.2) is 65.6 Å². The summed E-state index contributed by atoms with van der Waals surface area (Å²) in [6, 6.07) is 14.8. The number of nitrogens with one attached hydrogen (secondary N) is 2. The molecule has 2 N–H and O–H groups in total. The molecule has 0 saturated carbocycles. The number of amides is 1. The molecule has 0 fully saturated rings. The van der Waals surface area contributed by atoms with Crippen molar-refractivity contribution < 1.29 is 22.0 Å². The van der Waals surface area contributed by atoms with Crippen LogP contribution in [-0.4, -0.2) is 20.9 Å². The van der Waals surface area contributed by atoms with E-state index in [4.69, 9.17) is 0 Å². The number of carbonyl (C=O) groups excluding carboxylic acids is 1. The first-order valence-corrected chi connectivity index (χ1v) is 11.5. The molecule has 0 bridgehead atoms. The van der Waals surface area contributed by atoms with Gasteiger partial charge in [0.1, 0.15) is 0 Å². The number of sulfonamides is 1. The fourth-order valence-corrected chi connectivity index (χ4v) is 4.29. The van der Waals surface area contributed by atoms with Gasteiger partial charge in [0.15, 0.2) is 11.6 Å². The molecule has 168 valence electrons. The predicted molar refractivity (Wildman–Crippen MR) is 121 cm³/mol. The summed E-state index contributed by atoms with van der Waals surface area (Å²) < 4.78 is 53.7. The third kappa shape index (κ3) is 5.57. The molecule has 0 aliphatic rings. The maximum atomic E-state index is 13.4. The summed E-state index contributed by atoms with van der Waals surface area (Å²) in [6.45, 7) is 6.08. The Hall–Kier alpha value is -3.10. The quantitative estimate of drug-likeness (QED) is 0.516. The van der Waals surface area contributed by atoms with Gasteiger partial charge in [0.05, 0.1) is 4.90 Å². The lowest BCUT2D eigenvalue weighted by atomic mass is 10.00. The van der Waals surface area contributed by atoms with Crippen molar-refractivity contribution in [1.29, 1.82) is 0 Å². The summed E-state index contributed by atoms with van der Waals surface area (Å²) in [7, 11) is -3.56. The molecule has 0 atom stereocenters. The average molecular weight is 459 g/mol. The van der Waals surface area contributed by atoms with Crippen molar-refractivity contribution in [3.63, 3.8) is 0 Å². The molecule has 5 nitrogen and oxygen atoms in total. The zero-order valence-corrected chi connectivity index (χ0v) is 18.8. The molecule has 0 unspecified atom stereocenters. The highest BCUT2D eigenvalue weighted by Gasteiger charge is 2.15. The normalized spacial score (nSPS) is 11.6. The van der Waals surface area contributed by atoms with Crippen LogP contribution in [0.2, 0.25) is 0 Å². The van der Waals surface area contributed by atoms with E-state index in [-0.39, 0.29) is 16.4 Å². The Morgan fingerprint density at radius 3 is 2.22 bits per heavy atom. The maximum absolute atomic E-state index is 13.4.